The summed E-state index contributed by atoms with van der Waals surface area (Å²) in [5.74, 6) is 1.43. The van der Waals surface area contributed by atoms with Gasteiger partial charge in [0, 0.05) is 30.8 Å². The van der Waals surface area contributed by atoms with Crippen LogP contribution in [0.1, 0.15) is 55.4 Å². The minimum Gasteiger partial charge on any atom is -0.356 e. The highest BCUT2D eigenvalue weighted by Crippen LogP contribution is 2.24. The summed E-state index contributed by atoms with van der Waals surface area (Å²) in [5.41, 5.74) is 1.42. The van der Waals surface area contributed by atoms with Crippen molar-refractivity contribution in [2.24, 2.45) is 0 Å². The molecule has 0 unspecified atom stereocenters. The van der Waals surface area contributed by atoms with Crippen molar-refractivity contribution in [1.82, 2.24) is 15.3 Å². The molecule has 5 nitrogen and oxygen atoms in total. The fourth-order valence-corrected chi connectivity index (χ4v) is 3.88. The molecule has 2 heterocycles. The van der Waals surface area contributed by atoms with Gasteiger partial charge in [-0.3, -0.25) is 4.79 Å². The average Bonchev–Trinajstić information content (AvgIpc) is 3.22. The van der Waals surface area contributed by atoms with Crippen LogP contribution in [-0.4, -0.2) is 35.0 Å². The van der Waals surface area contributed by atoms with Crippen LogP contribution in [-0.2, 0) is 0 Å². The molecule has 1 aromatic carbocycles. The zero-order valence-corrected chi connectivity index (χ0v) is 15.2. The molecule has 2 fully saturated rings. The maximum atomic E-state index is 12.8. The minimum atomic E-state index is -0.0743. The molecule has 0 atom stereocenters. The summed E-state index contributed by atoms with van der Waals surface area (Å²) in [5, 5.41) is 3.16. The molecular weight excluding hydrogens is 324 g/mol. The average molecular weight is 350 g/mol. The first-order chi connectivity index (χ1) is 12.8. The van der Waals surface area contributed by atoms with Crippen molar-refractivity contribution in [3.05, 3.63) is 42.1 Å². The van der Waals surface area contributed by atoms with Gasteiger partial charge in [0.25, 0.3) is 5.91 Å². The van der Waals surface area contributed by atoms with E-state index in [1.165, 1.54) is 32.1 Å². The van der Waals surface area contributed by atoms with Gasteiger partial charge in [-0.05, 0) is 32.1 Å². The SMILES string of the molecule is O=C(NC1CCCC1)c1cc(N2CCCCC2)nc(-c2ccccc2)n1. The monoisotopic (exact) mass is 350 g/mol. The van der Waals surface area contributed by atoms with Crippen LogP contribution in [0.5, 0.6) is 0 Å². The summed E-state index contributed by atoms with van der Waals surface area (Å²) in [4.78, 5) is 24.4. The van der Waals surface area contributed by atoms with Gasteiger partial charge >= 0.3 is 0 Å². The van der Waals surface area contributed by atoms with Crippen molar-refractivity contribution in [2.75, 3.05) is 18.0 Å². The smallest absolute Gasteiger partial charge is 0.270 e. The number of hydrogen-bond acceptors (Lipinski definition) is 4. The third-order valence-corrected chi connectivity index (χ3v) is 5.35. The summed E-state index contributed by atoms with van der Waals surface area (Å²) in [6.07, 6.45) is 8.15. The van der Waals surface area contributed by atoms with E-state index >= 15 is 0 Å². The van der Waals surface area contributed by atoms with Crippen molar-refractivity contribution in [2.45, 2.75) is 51.0 Å². The maximum absolute atomic E-state index is 12.8. The number of amides is 1. The quantitative estimate of drug-likeness (QED) is 0.911. The van der Waals surface area contributed by atoms with Gasteiger partial charge in [-0.15, -0.1) is 0 Å². The van der Waals surface area contributed by atoms with Crippen LogP contribution in [0.3, 0.4) is 0 Å². The highest BCUT2D eigenvalue weighted by Gasteiger charge is 2.21. The lowest BCUT2D eigenvalue weighted by atomic mass is 10.1. The Morgan fingerprint density at radius 3 is 2.42 bits per heavy atom. The van der Waals surface area contributed by atoms with Crippen LogP contribution in [0.15, 0.2) is 36.4 Å². The number of hydrogen-bond donors (Lipinski definition) is 1. The molecule has 1 amide bonds. The third kappa shape index (κ3) is 3.87. The van der Waals surface area contributed by atoms with Gasteiger partial charge < -0.3 is 10.2 Å². The minimum absolute atomic E-state index is 0.0743. The second kappa shape index (κ2) is 7.85. The zero-order chi connectivity index (χ0) is 17.8. The molecule has 1 saturated carbocycles. The Balaban J connectivity index is 1.66. The first kappa shape index (κ1) is 17.0. The largest absolute Gasteiger partial charge is 0.356 e. The van der Waals surface area contributed by atoms with Gasteiger partial charge in [0.1, 0.15) is 11.5 Å². The first-order valence-electron chi connectivity index (χ1n) is 9.80. The molecule has 2 aromatic rings. The Kier molecular flexibility index (Phi) is 5.14. The molecule has 1 aliphatic heterocycles. The molecule has 26 heavy (non-hydrogen) atoms. The molecule has 2 aliphatic rings. The Labute approximate surface area is 154 Å². The molecule has 0 spiro atoms. The van der Waals surface area contributed by atoms with E-state index in [1.807, 2.05) is 36.4 Å². The van der Waals surface area contributed by atoms with Gasteiger partial charge in [-0.1, -0.05) is 43.2 Å². The van der Waals surface area contributed by atoms with Gasteiger partial charge in [0.05, 0.1) is 0 Å². The topological polar surface area (TPSA) is 58.1 Å². The molecule has 0 bridgehead atoms. The van der Waals surface area contributed by atoms with Crippen LogP contribution < -0.4 is 10.2 Å². The lowest BCUT2D eigenvalue weighted by molar-refractivity contribution is 0.0933. The lowest BCUT2D eigenvalue weighted by Gasteiger charge is -2.28. The normalized spacial score (nSPS) is 18.1. The second-order valence-corrected chi connectivity index (χ2v) is 7.30. The number of rotatable bonds is 4. The molecule has 1 saturated heterocycles. The van der Waals surface area contributed by atoms with Gasteiger partial charge in [-0.2, -0.15) is 0 Å². The lowest BCUT2D eigenvalue weighted by Crippen LogP contribution is -2.34. The molecular formula is C21H26N4O. The summed E-state index contributed by atoms with van der Waals surface area (Å²) < 4.78 is 0. The van der Waals surface area contributed by atoms with Gasteiger partial charge in [0.15, 0.2) is 5.82 Å². The van der Waals surface area contributed by atoms with Gasteiger partial charge in [0.2, 0.25) is 0 Å². The Morgan fingerprint density at radius 2 is 1.69 bits per heavy atom. The predicted octanol–water partition coefficient (Wildman–Crippen LogP) is 3.81. The molecule has 5 heteroatoms. The van der Waals surface area contributed by atoms with E-state index in [0.717, 1.165) is 37.3 Å². The number of nitrogens with zero attached hydrogens (tertiary/aromatic N) is 3. The third-order valence-electron chi connectivity index (χ3n) is 5.35. The Hall–Kier alpha value is -2.43. The summed E-state index contributed by atoms with van der Waals surface area (Å²) in [6, 6.07) is 12.1. The van der Waals surface area contributed by atoms with E-state index in [1.54, 1.807) is 0 Å². The van der Waals surface area contributed by atoms with Crippen LogP contribution in [0.4, 0.5) is 5.82 Å². The van der Waals surface area contributed by atoms with Crippen LogP contribution in [0, 0.1) is 0 Å². The summed E-state index contributed by atoms with van der Waals surface area (Å²) >= 11 is 0. The van der Waals surface area contributed by atoms with Crippen LogP contribution >= 0.6 is 0 Å². The highest BCUT2D eigenvalue weighted by molar-refractivity contribution is 5.93. The van der Waals surface area contributed by atoms with Gasteiger partial charge in [-0.25, -0.2) is 9.97 Å². The molecule has 1 aromatic heterocycles. The number of carbonyl (C=O) groups excluding carboxylic acids is 1. The molecule has 1 aliphatic carbocycles. The molecule has 1 N–H and O–H groups in total. The Morgan fingerprint density at radius 1 is 0.962 bits per heavy atom. The van der Waals surface area contributed by atoms with Crippen molar-refractivity contribution in [3.8, 4) is 11.4 Å². The van der Waals surface area contributed by atoms with E-state index in [2.05, 4.69) is 15.2 Å². The van der Waals surface area contributed by atoms with Crippen molar-refractivity contribution in [3.63, 3.8) is 0 Å². The number of anilines is 1. The molecule has 136 valence electrons. The first-order valence-corrected chi connectivity index (χ1v) is 9.80. The van der Waals surface area contributed by atoms with Crippen molar-refractivity contribution in [1.29, 1.82) is 0 Å². The summed E-state index contributed by atoms with van der Waals surface area (Å²) in [7, 11) is 0. The predicted molar refractivity (Wildman–Crippen MR) is 103 cm³/mol. The Bertz CT molecular complexity index is 750. The summed E-state index contributed by atoms with van der Waals surface area (Å²) in [6.45, 7) is 1.99. The second-order valence-electron chi connectivity index (χ2n) is 7.30. The fourth-order valence-electron chi connectivity index (χ4n) is 3.88. The van der Waals surface area contributed by atoms with Crippen LogP contribution in [0.2, 0.25) is 0 Å². The molecule has 0 radical (unpaired) electrons. The number of benzene rings is 1. The van der Waals surface area contributed by atoms with Crippen LogP contribution in [0.25, 0.3) is 11.4 Å². The fraction of sp³-hybridized carbons (Fsp3) is 0.476. The molecule has 4 rings (SSSR count). The number of aromatic nitrogens is 2. The maximum Gasteiger partial charge on any atom is 0.270 e. The number of carbonyl (C=O) groups is 1. The van der Waals surface area contributed by atoms with Crippen molar-refractivity contribution >= 4 is 11.7 Å². The zero-order valence-electron chi connectivity index (χ0n) is 15.2. The highest BCUT2D eigenvalue weighted by atomic mass is 16.1. The van der Waals surface area contributed by atoms with E-state index in [9.17, 15) is 4.79 Å². The standard InChI is InChI=1S/C21H26N4O/c26-21(22-17-11-5-6-12-17)18-15-19(25-13-7-2-8-14-25)24-20(23-18)16-9-3-1-4-10-16/h1,3-4,9-10,15,17H,2,5-8,11-14H2,(H,22,26). The van der Waals surface area contributed by atoms with Crippen molar-refractivity contribution < 1.29 is 4.79 Å². The number of piperidine rings is 1. The van der Waals surface area contributed by atoms with E-state index in [4.69, 9.17) is 4.98 Å². The van der Waals surface area contributed by atoms with E-state index < -0.39 is 0 Å². The number of nitrogens with one attached hydrogen (secondary N) is 1. The van der Waals surface area contributed by atoms with E-state index in [-0.39, 0.29) is 11.9 Å². The van der Waals surface area contributed by atoms with E-state index in [0.29, 0.717) is 11.5 Å².